The molecule has 9 heteroatoms. The third-order valence-corrected chi connectivity index (χ3v) is 4.25. The molecule has 1 aromatic carbocycles. The van der Waals surface area contributed by atoms with Gasteiger partial charge < -0.3 is 9.88 Å². The standard InChI is InChI=1S/C19H14F3N5O/c20-19(21,22)15-4-3-11-27-16(24-25-17(15)27)12-23-18(28)13-5-7-14(8-6-13)26-9-1-2-10-26/h1-11H,12H2,(H,23,28). The van der Waals surface area contributed by atoms with Crippen LogP contribution in [-0.2, 0) is 12.7 Å². The molecule has 3 aromatic heterocycles. The summed E-state index contributed by atoms with van der Waals surface area (Å²) in [5.74, 6) is -0.152. The fraction of sp³-hybridized carbons (Fsp3) is 0.105. The van der Waals surface area contributed by atoms with Crippen LogP contribution in [0.15, 0.2) is 67.1 Å². The smallest absolute Gasteiger partial charge is 0.345 e. The predicted molar refractivity (Wildman–Crippen MR) is 94.9 cm³/mol. The van der Waals surface area contributed by atoms with Gasteiger partial charge in [-0.25, -0.2) is 0 Å². The van der Waals surface area contributed by atoms with Crippen molar-refractivity contribution in [1.29, 1.82) is 0 Å². The Morgan fingerprint density at radius 3 is 2.36 bits per heavy atom. The molecule has 0 fully saturated rings. The molecule has 142 valence electrons. The van der Waals surface area contributed by atoms with Crippen molar-refractivity contribution in [3.8, 4) is 5.69 Å². The van der Waals surface area contributed by atoms with Gasteiger partial charge in [0, 0.05) is 29.8 Å². The Morgan fingerprint density at radius 1 is 0.964 bits per heavy atom. The van der Waals surface area contributed by atoms with Gasteiger partial charge in [0.15, 0.2) is 11.5 Å². The van der Waals surface area contributed by atoms with Crippen LogP contribution in [0.25, 0.3) is 11.3 Å². The van der Waals surface area contributed by atoms with Crippen LogP contribution in [0, 0.1) is 0 Å². The number of nitrogens with zero attached hydrogens (tertiary/aromatic N) is 4. The molecule has 0 saturated heterocycles. The van der Waals surface area contributed by atoms with Crippen molar-refractivity contribution in [3.05, 3.63) is 84.1 Å². The number of amides is 1. The van der Waals surface area contributed by atoms with Gasteiger partial charge in [-0.3, -0.25) is 9.20 Å². The molecule has 0 spiro atoms. The Labute approximate surface area is 157 Å². The Balaban J connectivity index is 1.49. The zero-order chi connectivity index (χ0) is 19.7. The lowest BCUT2D eigenvalue weighted by atomic mass is 10.2. The first-order valence-electron chi connectivity index (χ1n) is 8.35. The minimum absolute atomic E-state index is 0.0549. The Hall–Kier alpha value is -3.62. The summed E-state index contributed by atoms with van der Waals surface area (Å²) in [5.41, 5.74) is 0.168. The first-order valence-corrected chi connectivity index (χ1v) is 8.35. The molecule has 28 heavy (non-hydrogen) atoms. The number of pyridine rings is 1. The molecule has 0 aliphatic rings. The number of benzene rings is 1. The maximum Gasteiger partial charge on any atom is 0.420 e. The van der Waals surface area contributed by atoms with E-state index in [0.29, 0.717) is 5.56 Å². The Morgan fingerprint density at radius 2 is 1.68 bits per heavy atom. The lowest BCUT2D eigenvalue weighted by molar-refractivity contribution is -0.136. The molecule has 0 atom stereocenters. The van der Waals surface area contributed by atoms with E-state index < -0.39 is 11.7 Å². The molecule has 0 aliphatic heterocycles. The average molecular weight is 385 g/mol. The summed E-state index contributed by atoms with van der Waals surface area (Å²) in [7, 11) is 0. The largest absolute Gasteiger partial charge is 0.420 e. The fourth-order valence-corrected chi connectivity index (χ4v) is 2.86. The Kier molecular flexibility index (Phi) is 4.34. The molecule has 4 aromatic rings. The first kappa shape index (κ1) is 17.8. The second kappa shape index (κ2) is 6.84. The lowest BCUT2D eigenvalue weighted by Gasteiger charge is -2.08. The van der Waals surface area contributed by atoms with E-state index in [-0.39, 0.29) is 23.9 Å². The number of hydrogen-bond acceptors (Lipinski definition) is 3. The maximum atomic E-state index is 13.0. The van der Waals surface area contributed by atoms with Crippen LogP contribution in [0.2, 0.25) is 0 Å². The van der Waals surface area contributed by atoms with E-state index in [4.69, 9.17) is 0 Å². The van der Waals surface area contributed by atoms with Crippen molar-refractivity contribution in [1.82, 2.24) is 24.5 Å². The number of fused-ring (bicyclic) bond motifs is 1. The van der Waals surface area contributed by atoms with E-state index in [1.165, 1.54) is 16.7 Å². The van der Waals surface area contributed by atoms with Crippen molar-refractivity contribution in [3.63, 3.8) is 0 Å². The minimum Gasteiger partial charge on any atom is -0.345 e. The second-order valence-corrected chi connectivity index (χ2v) is 6.05. The summed E-state index contributed by atoms with van der Waals surface area (Å²) < 4.78 is 42.3. The van der Waals surface area contributed by atoms with E-state index >= 15 is 0 Å². The summed E-state index contributed by atoms with van der Waals surface area (Å²) in [6.07, 6.45) is 0.677. The zero-order valence-electron chi connectivity index (χ0n) is 14.4. The molecular weight excluding hydrogens is 371 g/mol. The van der Waals surface area contributed by atoms with Crippen LogP contribution in [0.5, 0.6) is 0 Å². The van der Waals surface area contributed by atoms with E-state index in [0.717, 1.165) is 11.8 Å². The molecule has 0 unspecified atom stereocenters. The van der Waals surface area contributed by atoms with E-state index in [1.54, 1.807) is 24.3 Å². The van der Waals surface area contributed by atoms with Crippen molar-refractivity contribution < 1.29 is 18.0 Å². The molecule has 6 nitrogen and oxygen atoms in total. The first-order chi connectivity index (χ1) is 13.4. The zero-order valence-corrected chi connectivity index (χ0v) is 14.4. The van der Waals surface area contributed by atoms with Crippen LogP contribution in [-0.4, -0.2) is 25.1 Å². The van der Waals surface area contributed by atoms with Gasteiger partial charge in [-0.15, -0.1) is 10.2 Å². The lowest BCUT2D eigenvalue weighted by Crippen LogP contribution is -2.24. The monoisotopic (exact) mass is 385 g/mol. The number of carbonyl (C=O) groups excluding carboxylic acids is 1. The summed E-state index contributed by atoms with van der Waals surface area (Å²) >= 11 is 0. The molecule has 1 amide bonds. The predicted octanol–water partition coefficient (Wildman–Crippen LogP) is 3.47. The van der Waals surface area contributed by atoms with Gasteiger partial charge in [0.1, 0.15) is 5.56 Å². The summed E-state index contributed by atoms with van der Waals surface area (Å²) in [5, 5.41) is 10.0. The van der Waals surface area contributed by atoms with Crippen LogP contribution < -0.4 is 5.32 Å². The molecule has 0 saturated carbocycles. The molecular formula is C19H14F3N5O. The highest BCUT2D eigenvalue weighted by Crippen LogP contribution is 2.31. The normalized spacial score (nSPS) is 11.7. The van der Waals surface area contributed by atoms with Crippen molar-refractivity contribution in [2.75, 3.05) is 0 Å². The number of alkyl halides is 3. The molecule has 3 heterocycles. The summed E-state index contributed by atoms with van der Waals surface area (Å²) in [6.45, 7) is -0.0549. The number of carbonyl (C=O) groups is 1. The third-order valence-electron chi connectivity index (χ3n) is 4.25. The van der Waals surface area contributed by atoms with Crippen LogP contribution in [0.4, 0.5) is 13.2 Å². The van der Waals surface area contributed by atoms with Gasteiger partial charge in [0.25, 0.3) is 5.91 Å². The maximum absolute atomic E-state index is 13.0. The van der Waals surface area contributed by atoms with Gasteiger partial charge in [-0.2, -0.15) is 13.2 Å². The number of rotatable bonds is 4. The van der Waals surface area contributed by atoms with Crippen LogP contribution >= 0.6 is 0 Å². The minimum atomic E-state index is -4.53. The van der Waals surface area contributed by atoms with Gasteiger partial charge in [0.05, 0.1) is 6.54 Å². The highest BCUT2D eigenvalue weighted by Gasteiger charge is 2.34. The van der Waals surface area contributed by atoms with Crippen LogP contribution in [0.1, 0.15) is 21.7 Å². The number of nitrogens with one attached hydrogen (secondary N) is 1. The highest BCUT2D eigenvalue weighted by molar-refractivity contribution is 5.94. The SMILES string of the molecule is O=C(NCc1nnc2c(C(F)(F)F)cccn12)c1ccc(-n2cccc2)cc1. The van der Waals surface area contributed by atoms with Gasteiger partial charge in [-0.05, 0) is 48.5 Å². The fourth-order valence-electron chi connectivity index (χ4n) is 2.86. The average Bonchev–Trinajstić information content (AvgIpc) is 3.35. The van der Waals surface area contributed by atoms with Gasteiger partial charge >= 0.3 is 6.18 Å². The van der Waals surface area contributed by atoms with E-state index in [2.05, 4.69) is 15.5 Å². The third kappa shape index (κ3) is 3.34. The second-order valence-electron chi connectivity index (χ2n) is 6.05. The number of halogens is 3. The topological polar surface area (TPSA) is 64.2 Å². The van der Waals surface area contributed by atoms with Crippen molar-refractivity contribution in [2.45, 2.75) is 12.7 Å². The van der Waals surface area contributed by atoms with Gasteiger partial charge in [-0.1, -0.05) is 0 Å². The molecule has 0 aliphatic carbocycles. The summed E-state index contributed by atoms with van der Waals surface area (Å²) in [6, 6.07) is 13.0. The molecule has 0 bridgehead atoms. The summed E-state index contributed by atoms with van der Waals surface area (Å²) in [4.78, 5) is 12.3. The molecule has 0 radical (unpaired) electrons. The Bertz CT molecular complexity index is 1110. The molecule has 4 rings (SSSR count). The molecule has 1 N–H and O–H groups in total. The number of aromatic nitrogens is 4. The number of hydrogen-bond donors (Lipinski definition) is 1. The highest BCUT2D eigenvalue weighted by atomic mass is 19.4. The van der Waals surface area contributed by atoms with Gasteiger partial charge in [0.2, 0.25) is 0 Å². The van der Waals surface area contributed by atoms with Crippen molar-refractivity contribution in [2.24, 2.45) is 0 Å². The van der Waals surface area contributed by atoms with Crippen LogP contribution in [0.3, 0.4) is 0 Å². The quantitative estimate of drug-likeness (QED) is 0.585. The van der Waals surface area contributed by atoms with E-state index in [1.807, 2.05) is 29.1 Å². The van der Waals surface area contributed by atoms with Crippen molar-refractivity contribution >= 4 is 11.6 Å². The van der Waals surface area contributed by atoms with E-state index in [9.17, 15) is 18.0 Å².